The summed E-state index contributed by atoms with van der Waals surface area (Å²) >= 11 is 0. The second-order valence-corrected chi connectivity index (χ2v) is 4.96. The lowest BCUT2D eigenvalue weighted by molar-refractivity contribution is -0.122. The maximum Gasteiger partial charge on any atom is 0.265 e. The molecule has 3 nitrogen and oxygen atoms in total. The molecule has 0 spiro atoms. The Hall–Kier alpha value is -2.36. The molecule has 2 aromatic rings. The van der Waals surface area contributed by atoms with Gasteiger partial charge in [0.15, 0.2) is 6.10 Å². The Balaban J connectivity index is 2.04. The van der Waals surface area contributed by atoms with Gasteiger partial charge in [-0.1, -0.05) is 18.2 Å². The molecule has 110 valence electrons. The fourth-order valence-electron chi connectivity index (χ4n) is 1.91. The van der Waals surface area contributed by atoms with E-state index >= 15 is 0 Å². The molecule has 0 radical (unpaired) electrons. The van der Waals surface area contributed by atoms with E-state index in [1.54, 1.807) is 19.1 Å². The van der Waals surface area contributed by atoms with E-state index in [1.807, 2.05) is 32.0 Å². The SMILES string of the molecule is Cc1cccc(OC(C)C(=O)Nc2cccc(F)c2)c1C. The largest absolute Gasteiger partial charge is 0.481 e. The molecule has 1 atom stereocenters. The first-order valence-electron chi connectivity index (χ1n) is 6.76. The number of nitrogens with one attached hydrogen (secondary N) is 1. The third-order valence-electron chi connectivity index (χ3n) is 3.32. The number of ether oxygens (including phenoxy) is 1. The third kappa shape index (κ3) is 3.81. The van der Waals surface area contributed by atoms with E-state index < -0.39 is 11.9 Å². The molecule has 1 N–H and O–H groups in total. The van der Waals surface area contributed by atoms with Crippen LogP contribution in [0, 0.1) is 19.7 Å². The highest BCUT2D eigenvalue weighted by molar-refractivity contribution is 5.94. The number of benzene rings is 2. The average Bonchev–Trinajstić information content (AvgIpc) is 2.44. The topological polar surface area (TPSA) is 38.3 Å². The van der Waals surface area contributed by atoms with E-state index in [2.05, 4.69) is 5.32 Å². The van der Waals surface area contributed by atoms with Gasteiger partial charge in [0.05, 0.1) is 0 Å². The Morgan fingerprint density at radius 1 is 1.19 bits per heavy atom. The van der Waals surface area contributed by atoms with Crippen LogP contribution in [0.2, 0.25) is 0 Å². The standard InChI is InChI=1S/C17H18FNO2/c1-11-6-4-9-16(12(11)2)21-13(3)17(20)19-15-8-5-7-14(18)10-15/h4-10,13H,1-3H3,(H,19,20). The molecule has 0 aromatic heterocycles. The molecule has 0 aliphatic heterocycles. The molecule has 0 heterocycles. The molecule has 0 aliphatic rings. The van der Waals surface area contributed by atoms with E-state index in [-0.39, 0.29) is 5.91 Å². The highest BCUT2D eigenvalue weighted by Gasteiger charge is 2.16. The summed E-state index contributed by atoms with van der Waals surface area (Å²) in [6, 6.07) is 11.5. The van der Waals surface area contributed by atoms with Gasteiger partial charge in [0.25, 0.3) is 5.91 Å². The van der Waals surface area contributed by atoms with E-state index in [1.165, 1.54) is 12.1 Å². The van der Waals surface area contributed by atoms with Crippen LogP contribution in [0.4, 0.5) is 10.1 Å². The van der Waals surface area contributed by atoms with Gasteiger partial charge in [-0.25, -0.2) is 4.39 Å². The number of aryl methyl sites for hydroxylation is 1. The van der Waals surface area contributed by atoms with E-state index in [4.69, 9.17) is 4.74 Å². The van der Waals surface area contributed by atoms with Gasteiger partial charge in [0, 0.05) is 5.69 Å². The first kappa shape index (κ1) is 15.0. The van der Waals surface area contributed by atoms with Crippen molar-refractivity contribution < 1.29 is 13.9 Å². The molecule has 1 amide bonds. The molecule has 0 bridgehead atoms. The predicted octanol–water partition coefficient (Wildman–Crippen LogP) is 3.85. The second kappa shape index (κ2) is 6.39. The number of hydrogen-bond donors (Lipinski definition) is 1. The lowest BCUT2D eigenvalue weighted by Crippen LogP contribution is -2.30. The van der Waals surface area contributed by atoms with Gasteiger partial charge >= 0.3 is 0 Å². The Kier molecular flexibility index (Phi) is 4.58. The van der Waals surface area contributed by atoms with Crippen LogP contribution >= 0.6 is 0 Å². The molecule has 4 heteroatoms. The van der Waals surface area contributed by atoms with Crippen molar-refractivity contribution in [1.29, 1.82) is 0 Å². The summed E-state index contributed by atoms with van der Waals surface area (Å²) in [6.07, 6.45) is -0.672. The zero-order valence-electron chi connectivity index (χ0n) is 12.3. The zero-order valence-corrected chi connectivity index (χ0v) is 12.3. The summed E-state index contributed by atoms with van der Waals surface area (Å²) in [4.78, 5) is 12.1. The lowest BCUT2D eigenvalue weighted by atomic mass is 10.1. The van der Waals surface area contributed by atoms with E-state index in [0.717, 1.165) is 11.1 Å². The molecule has 0 saturated carbocycles. The van der Waals surface area contributed by atoms with Crippen molar-refractivity contribution in [2.45, 2.75) is 26.9 Å². The zero-order chi connectivity index (χ0) is 15.4. The first-order chi connectivity index (χ1) is 9.97. The monoisotopic (exact) mass is 287 g/mol. The third-order valence-corrected chi connectivity index (χ3v) is 3.32. The number of carbonyl (C=O) groups is 1. The van der Waals surface area contributed by atoms with Crippen molar-refractivity contribution in [2.24, 2.45) is 0 Å². The van der Waals surface area contributed by atoms with Gasteiger partial charge in [-0.05, 0) is 56.2 Å². The maximum atomic E-state index is 13.1. The second-order valence-electron chi connectivity index (χ2n) is 4.96. The Morgan fingerprint density at radius 2 is 1.90 bits per heavy atom. The molecular formula is C17H18FNO2. The Bertz CT molecular complexity index is 655. The van der Waals surface area contributed by atoms with Gasteiger partial charge in [-0.15, -0.1) is 0 Å². The molecular weight excluding hydrogens is 269 g/mol. The lowest BCUT2D eigenvalue weighted by Gasteiger charge is -2.17. The van der Waals surface area contributed by atoms with E-state index in [0.29, 0.717) is 11.4 Å². The molecule has 0 fully saturated rings. The number of hydrogen-bond acceptors (Lipinski definition) is 2. The number of anilines is 1. The average molecular weight is 287 g/mol. The van der Waals surface area contributed by atoms with Crippen LogP contribution < -0.4 is 10.1 Å². The van der Waals surface area contributed by atoms with Crippen LogP contribution in [0.1, 0.15) is 18.1 Å². The molecule has 0 aliphatic carbocycles. The van der Waals surface area contributed by atoms with Gasteiger partial charge in [0.1, 0.15) is 11.6 Å². The maximum absolute atomic E-state index is 13.1. The van der Waals surface area contributed by atoms with Crippen molar-refractivity contribution in [1.82, 2.24) is 0 Å². The fraction of sp³-hybridized carbons (Fsp3) is 0.235. The summed E-state index contributed by atoms with van der Waals surface area (Å²) < 4.78 is 18.8. The number of halogens is 1. The van der Waals surface area contributed by atoms with Crippen molar-refractivity contribution in [3.63, 3.8) is 0 Å². The molecule has 2 aromatic carbocycles. The first-order valence-corrected chi connectivity index (χ1v) is 6.76. The Morgan fingerprint density at radius 3 is 2.62 bits per heavy atom. The fourth-order valence-corrected chi connectivity index (χ4v) is 1.91. The van der Waals surface area contributed by atoms with Crippen molar-refractivity contribution in [3.05, 3.63) is 59.4 Å². The molecule has 21 heavy (non-hydrogen) atoms. The minimum atomic E-state index is -0.672. The minimum Gasteiger partial charge on any atom is -0.481 e. The number of amides is 1. The number of carbonyl (C=O) groups excluding carboxylic acids is 1. The normalized spacial score (nSPS) is 11.8. The van der Waals surface area contributed by atoms with Crippen LogP contribution in [-0.2, 0) is 4.79 Å². The summed E-state index contributed by atoms with van der Waals surface area (Å²) in [7, 11) is 0. The van der Waals surface area contributed by atoms with Crippen molar-refractivity contribution in [3.8, 4) is 5.75 Å². The highest BCUT2D eigenvalue weighted by atomic mass is 19.1. The van der Waals surface area contributed by atoms with Gasteiger partial charge in [-0.3, -0.25) is 4.79 Å². The van der Waals surface area contributed by atoms with E-state index in [9.17, 15) is 9.18 Å². The minimum absolute atomic E-state index is 0.318. The Labute approximate surface area is 123 Å². The summed E-state index contributed by atoms with van der Waals surface area (Å²) in [6.45, 7) is 5.60. The smallest absolute Gasteiger partial charge is 0.265 e. The predicted molar refractivity (Wildman–Crippen MR) is 81.0 cm³/mol. The summed E-state index contributed by atoms with van der Waals surface area (Å²) in [5.74, 6) is -0.0331. The van der Waals surface area contributed by atoms with Crippen LogP contribution in [0.25, 0.3) is 0 Å². The molecule has 2 rings (SSSR count). The van der Waals surface area contributed by atoms with Crippen LogP contribution in [0.3, 0.4) is 0 Å². The van der Waals surface area contributed by atoms with Gasteiger partial charge in [-0.2, -0.15) is 0 Å². The van der Waals surface area contributed by atoms with Crippen LogP contribution in [0.5, 0.6) is 5.75 Å². The highest BCUT2D eigenvalue weighted by Crippen LogP contribution is 2.22. The van der Waals surface area contributed by atoms with Gasteiger partial charge < -0.3 is 10.1 Å². The van der Waals surface area contributed by atoms with Crippen molar-refractivity contribution in [2.75, 3.05) is 5.32 Å². The van der Waals surface area contributed by atoms with Crippen molar-refractivity contribution >= 4 is 11.6 Å². The molecule has 0 saturated heterocycles. The van der Waals surface area contributed by atoms with Gasteiger partial charge in [0.2, 0.25) is 0 Å². The summed E-state index contributed by atoms with van der Waals surface area (Å²) in [5.41, 5.74) is 2.52. The molecule has 1 unspecified atom stereocenters. The quantitative estimate of drug-likeness (QED) is 0.927. The number of rotatable bonds is 4. The summed E-state index contributed by atoms with van der Waals surface area (Å²) in [5, 5.41) is 2.63. The van der Waals surface area contributed by atoms with Crippen LogP contribution in [-0.4, -0.2) is 12.0 Å². The van der Waals surface area contributed by atoms with Crippen LogP contribution in [0.15, 0.2) is 42.5 Å².